The molecule has 0 aliphatic carbocycles. The summed E-state index contributed by atoms with van der Waals surface area (Å²) in [7, 11) is 0. The van der Waals surface area contributed by atoms with Crippen molar-refractivity contribution < 1.29 is 23.9 Å². The number of thioether (sulfide) groups is 1. The third-order valence-electron chi connectivity index (χ3n) is 2.60. The number of ether oxygens (including phenoxy) is 2. The quantitative estimate of drug-likeness (QED) is 0.398. The number of amides is 1. The maximum Gasteiger partial charge on any atom is 0.349 e. The maximum absolute atomic E-state index is 11.8. The number of benzene rings is 1. The lowest BCUT2D eigenvalue weighted by molar-refractivity contribution is -0.222. The Hall–Kier alpha value is -2.28. The van der Waals surface area contributed by atoms with E-state index in [0.717, 1.165) is 4.90 Å². The Kier molecular flexibility index (Phi) is 4.56. The molecule has 1 N–H and O–H groups in total. The van der Waals surface area contributed by atoms with E-state index in [4.69, 9.17) is 9.47 Å². The molecular weight excluding hydrogens is 306 g/mol. The van der Waals surface area contributed by atoms with Gasteiger partial charge in [-0.05, 0) is 29.7 Å². The lowest BCUT2D eigenvalue weighted by atomic mass is 10.2. The minimum absolute atomic E-state index is 0.143. The zero-order valence-corrected chi connectivity index (χ0v) is 13.2. The van der Waals surface area contributed by atoms with E-state index < -0.39 is 17.7 Å². The predicted octanol–water partition coefficient (Wildman–Crippen LogP) is 2.46. The van der Waals surface area contributed by atoms with Gasteiger partial charge >= 0.3 is 11.9 Å². The molecule has 2 rings (SSSR count). The molecule has 6 nitrogen and oxygen atoms in total. The molecular formula is C15H15NO5S. The topological polar surface area (TPSA) is 81.7 Å². The van der Waals surface area contributed by atoms with Gasteiger partial charge in [-0.15, -0.1) is 0 Å². The summed E-state index contributed by atoms with van der Waals surface area (Å²) in [5.74, 6) is -2.80. The first-order valence-electron chi connectivity index (χ1n) is 6.48. The Morgan fingerprint density at radius 3 is 2.18 bits per heavy atom. The van der Waals surface area contributed by atoms with Crippen LogP contribution < -0.4 is 5.32 Å². The fraction of sp³-hybridized carbons (Fsp3) is 0.267. The number of rotatable bonds is 3. The lowest BCUT2D eigenvalue weighted by Crippen LogP contribution is -2.41. The molecule has 7 heteroatoms. The summed E-state index contributed by atoms with van der Waals surface area (Å²) < 4.78 is 9.99. The summed E-state index contributed by atoms with van der Waals surface area (Å²) in [4.78, 5) is 35.3. The average Bonchev–Trinajstić information content (AvgIpc) is 2.37. The lowest BCUT2D eigenvalue weighted by Gasteiger charge is -2.29. The van der Waals surface area contributed by atoms with Crippen molar-refractivity contribution in [2.45, 2.75) is 31.5 Å². The normalized spacial score (nSPS) is 16.6. The summed E-state index contributed by atoms with van der Waals surface area (Å²) in [6.07, 6.45) is 0. The number of carbonyl (C=O) groups is 3. The smallest absolute Gasteiger partial charge is 0.349 e. The third-order valence-corrected chi connectivity index (χ3v) is 3.50. The van der Waals surface area contributed by atoms with E-state index in [9.17, 15) is 14.4 Å². The molecule has 1 aliphatic heterocycles. The molecule has 0 spiro atoms. The van der Waals surface area contributed by atoms with Gasteiger partial charge < -0.3 is 14.8 Å². The van der Waals surface area contributed by atoms with Crippen LogP contribution in [0, 0.1) is 0 Å². The SMILES string of the molecule is CC(=O)Nc1ccc(SC=C2C(=O)OC(C)(C)OC2=O)cc1. The van der Waals surface area contributed by atoms with Crippen molar-refractivity contribution in [1.82, 2.24) is 0 Å². The summed E-state index contributed by atoms with van der Waals surface area (Å²) in [5, 5.41) is 4.04. The van der Waals surface area contributed by atoms with Gasteiger partial charge in [-0.2, -0.15) is 0 Å². The molecule has 1 saturated heterocycles. The highest BCUT2D eigenvalue weighted by atomic mass is 32.2. The van der Waals surface area contributed by atoms with Crippen molar-refractivity contribution in [2.75, 3.05) is 5.32 Å². The molecule has 1 aromatic rings. The summed E-state index contributed by atoms with van der Waals surface area (Å²) in [5.41, 5.74) is 0.526. The van der Waals surface area contributed by atoms with E-state index in [1.54, 1.807) is 24.3 Å². The van der Waals surface area contributed by atoms with Crippen LogP contribution >= 0.6 is 11.8 Å². The molecule has 0 bridgehead atoms. The van der Waals surface area contributed by atoms with Crippen LogP contribution in [0.5, 0.6) is 0 Å². The van der Waals surface area contributed by atoms with Crippen LogP contribution in [0.15, 0.2) is 40.1 Å². The fourth-order valence-corrected chi connectivity index (χ4v) is 2.44. The Bertz CT molecular complexity index is 626. The van der Waals surface area contributed by atoms with Crippen molar-refractivity contribution in [3.8, 4) is 0 Å². The van der Waals surface area contributed by atoms with Crippen LogP contribution in [0.4, 0.5) is 5.69 Å². The van der Waals surface area contributed by atoms with Crippen LogP contribution in [0.3, 0.4) is 0 Å². The van der Waals surface area contributed by atoms with E-state index >= 15 is 0 Å². The van der Waals surface area contributed by atoms with Crippen molar-refractivity contribution in [1.29, 1.82) is 0 Å². The molecule has 0 saturated carbocycles. The molecule has 1 amide bonds. The van der Waals surface area contributed by atoms with Gasteiger partial charge in [-0.1, -0.05) is 11.8 Å². The second kappa shape index (κ2) is 6.23. The molecule has 0 atom stereocenters. The number of esters is 2. The van der Waals surface area contributed by atoms with Crippen LogP contribution in [0.1, 0.15) is 20.8 Å². The molecule has 1 fully saturated rings. The van der Waals surface area contributed by atoms with Gasteiger partial charge in [-0.25, -0.2) is 9.59 Å². The van der Waals surface area contributed by atoms with Crippen molar-refractivity contribution >= 4 is 35.3 Å². The van der Waals surface area contributed by atoms with E-state index in [1.165, 1.54) is 37.9 Å². The van der Waals surface area contributed by atoms with Gasteiger partial charge in [0.05, 0.1) is 0 Å². The van der Waals surface area contributed by atoms with Crippen LogP contribution in [-0.2, 0) is 23.9 Å². The monoisotopic (exact) mass is 321 g/mol. The first-order chi connectivity index (χ1) is 10.3. The molecule has 0 radical (unpaired) electrons. The molecule has 0 aromatic heterocycles. The molecule has 0 unspecified atom stereocenters. The number of nitrogens with one attached hydrogen (secondary N) is 1. The highest BCUT2D eigenvalue weighted by molar-refractivity contribution is 8.02. The van der Waals surface area contributed by atoms with Crippen molar-refractivity contribution in [3.05, 3.63) is 35.2 Å². The van der Waals surface area contributed by atoms with Gasteiger partial charge in [0, 0.05) is 31.4 Å². The second-order valence-electron chi connectivity index (χ2n) is 5.03. The van der Waals surface area contributed by atoms with Gasteiger partial charge in [-0.3, -0.25) is 4.79 Å². The Balaban J connectivity index is 2.06. The summed E-state index contributed by atoms with van der Waals surface area (Å²) in [6.45, 7) is 4.41. The van der Waals surface area contributed by atoms with Crippen LogP contribution in [0.2, 0.25) is 0 Å². The van der Waals surface area contributed by atoms with E-state index in [0.29, 0.717) is 5.69 Å². The zero-order chi connectivity index (χ0) is 16.3. The molecule has 22 heavy (non-hydrogen) atoms. The van der Waals surface area contributed by atoms with E-state index in [-0.39, 0.29) is 11.5 Å². The maximum atomic E-state index is 11.8. The first kappa shape index (κ1) is 16.1. The first-order valence-corrected chi connectivity index (χ1v) is 7.36. The Labute approximate surface area is 131 Å². The van der Waals surface area contributed by atoms with Gasteiger partial charge in [0.1, 0.15) is 0 Å². The van der Waals surface area contributed by atoms with Gasteiger partial charge in [0.25, 0.3) is 5.79 Å². The van der Waals surface area contributed by atoms with Gasteiger partial charge in [0.15, 0.2) is 5.57 Å². The molecule has 1 heterocycles. The third kappa shape index (κ3) is 4.11. The largest absolute Gasteiger partial charge is 0.419 e. The molecule has 116 valence electrons. The Morgan fingerprint density at radius 1 is 1.14 bits per heavy atom. The van der Waals surface area contributed by atoms with Crippen LogP contribution in [0.25, 0.3) is 0 Å². The van der Waals surface area contributed by atoms with Crippen molar-refractivity contribution in [2.24, 2.45) is 0 Å². The van der Waals surface area contributed by atoms with Gasteiger partial charge in [0.2, 0.25) is 5.91 Å². The highest BCUT2D eigenvalue weighted by Crippen LogP contribution is 2.27. The highest BCUT2D eigenvalue weighted by Gasteiger charge is 2.38. The molecule has 1 aliphatic rings. The fourth-order valence-electron chi connectivity index (χ4n) is 1.70. The number of cyclic esters (lactones) is 2. The minimum Gasteiger partial charge on any atom is -0.419 e. The second-order valence-corrected chi connectivity index (χ2v) is 5.98. The number of anilines is 1. The standard InChI is InChI=1S/C15H15NO5S/c1-9(17)16-10-4-6-11(7-5-10)22-8-12-13(18)20-15(2,3)21-14(12)19/h4-8H,1-3H3,(H,16,17). The zero-order valence-electron chi connectivity index (χ0n) is 12.3. The summed E-state index contributed by atoms with van der Waals surface area (Å²) >= 11 is 1.19. The molecule has 1 aromatic carbocycles. The van der Waals surface area contributed by atoms with E-state index in [1.807, 2.05) is 0 Å². The van der Waals surface area contributed by atoms with E-state index in [2.05, 4.69) is 5.32 Å². The Morgan fingerprint density at radius 2 is 1.68 bits per heavy atom. The number of carbonyl (C=O) groups excluding carboxylic acids is 3. The number of hydrogen-bond donors (Lipinski definition) is 1. The van der Waals surface area contributed by atoms with Crippen molar-refractivity contribution in [3.63, 3.8) is 0 Å². The van der Waals surface area contributed by atoms with Crippen LogP contribution in [-0.4, -0.2) is 23.6 Å². The predicted molar refractivity (Wildman–Crippen MR) is 80.9 cm³/mol. The minimum atomic E-state index is -1.24. The summed E-state index contributed by atoms with van der Waals surface area (Å²) in [6, 6.07) is 6.97. The number of hydrogen-bond acceptors (Lipinski definition) is 6. The average molecular weight is 321 g/mol.